The van der Waals surface area contributed by atoms with Gasteiger partial charge in [-0.2, -0.15) is 0 Å². The zero-order chi connectivity index (χ0) is 13.5. The Morgan fingerprint density at radius 3 is 2.32 bits per heavy atom. The van der Waals surface area contributed by atoms with E-state index in [9.17, 15) is 5.11 Å². The molecule has 2 heteroatoms. The Bertz CT molecular complexity index is 308. The van der Waals surface area contributed by atoms with Gasteiger partial charge in [-0.3, -0.25) is 4.90 Å². The molecule has 2 aliphatic carbocycles. The van der Waals surface area contributed by atoms with E-state index in [1.54, 1.807) is 0 Å². The van der Waals surface area contributed by atoms with Crippen molar-refractivity contribution >= 4 is 0 Å². The third kappa shape index (κ3) is 2.58. The first-order valence-electron chi connectivity index (χ1n) is 8.53. The summed E-state index contributed by atoms with van der Waals surface area (Å²) in [5.41, 5.74) is 0.117. The highest BCUT2D eigenvalue weighted by atomic mass is 16.3. The Balaban J connectivity index is 1.72. The van der Waals surface area contributed by atoms with Gasteiger partial charge in [0.1, 0.15) is 0 Å². The lowest BCUT2D eigenvalue weighted by Gasteiger charge is -2.47. The summed E-state index contributed by atoms with van der Waals surface area (Å²) in [6, 6.07) is 1.23. The molecule has 1 heterocycles. The zero-order valence-electron chi connectivity index (χ0n) is 12.8. The second-order valence-electron chi connectivity index (χ2n) is 7.88. The van der Waals surface area contributed by atoms with Gasteiger partial charge in [-0.05, 0) is 56.4 Å². The molecule has 0 aromatic heterocycles. The highest BCUT2D eigenvalue weighted by molar-refractivity contribution is 4.98. The number of nitrogens with zero attached hydrogens (tertiary/aromatic N) is 1. The van der Waals surface area contributed by atoms with Gasteiger partial charge in [-0.25, -0.2) is 0 Å². The fourth-order valence-electron chi connectivity index (χ4n) is 5.02. The number of rotatable bonds is 2. The van der Waals surface area contributed by atoms with E-state index in [1.807, 2.05) is 0 Å². The molecule has 1 saturated heterocycles. The maximum absolute atomic E-state index is 10.8. The maximum Gasteiger partial charge on any atom is 0.0746 e. The predicted octanol–water partition coefficient (Wildman–Crippen LogP) is 3.58. The van der Waals surface area contributed by atoms with Crippen LogP contribution in [-0.4, -0.2) is 34.7 Å². The van der Waals surface area contributed by atoms with Crippen LogP contribution in [0.3, 0.4) is 0 Å². The number of aliphatic hydroxyl groups excluding tert-OH is 1. The van der Waals surface area contributed by atoms with Crippen molar-refractivity contribution in [2.24, 2.45) is 11.3 Å². The van der Waals surface area contributed by atoms with Gasteiger partial charge < -0.3 is 5.11 Å². The smallest absolute Gasteiger partial charge is 0.0746 e. The van der Waals surface area contributed by atoms with Crippen LogP contribution in [0.1, 0.15) is 71.6 Å². The standard InChI is InChI=1S/C17H31NO/c1-17(2)11-5-9-15(16(17)19)18-12-6-10-14(18)13-7-3-4-8-13/h13-16,19H,3-12H2,1-2H3. The summed E-state index contributed by atoms with van der Waals surface area (Å²) in [4.78, 5) is 2.72. The van der Waals surface area contributed by atoms with Gasteiger partial charge in [-0.15, -0.1) is 0 Å². The molecule has 110 valence electrons. The first kappa shape index (κ1) is 13.9. The first-order valence-corrected chi connectivity index (χ1v) is 8.53. The van der Waals surface area contributed by atoms with Crippen LogP contribution in [0.2, 0.25) is 0 Å². The topological polar surface area (TPSA) is 23.5 Å². The third-order valence-electron chi connectivity index (χ3n) is 6.20. The molecule has 3 fully saturated rings. The van der Waals surface area contributed by atoms with Gasteiger partial charge in [0.2, 0.25) is 0 Å². The summed E-state index contributed by atoms with van der Waals surface area (Å²) < 4.78 is 0. The van der Waals surface area contributed by atoms with Crippen LogP contribution in [0.5, 0.6) is 0 Å². The molecule has 3 unspecified atom stereocenters. The lowest BCUT2D eigenvalue weighted by atomic mass is 9.72. The van der Waals surface area contributed by atoms with Crippen molar-refractivity contribution in [2.45, 2.75) is 89.8 Å². The van der Waals surface area contributed by atoms with E-state index in [4.69, 9.17) is 0 Å². The Kier molecular flexibility index (Phi) is 3.92. The summed E-state index contributed by atoms with van der Waals surface area (Å²) >= 11 is 0. The molecule has 1 N–H and O–H groups in total. The van der Waals surface area contributed by atoms with Gasteiger partial charge in [0, 0.05) is 12.1 Å². The monoisotopic (exact) mass is 265 g/mol. The number of likely N-dealkylation sites (tertiary alicyclic amines) is 1. The van der Waals surface area contributed by atoms with Gasteiger partial charge in [-0.1, -0.05) is 33.1 Å². The predicted molar refractivity (Wildman–Crippen MR) is 79.1 cm³/mol. The summed E-state index contributed by atoms with van der Waals surface area (Å²) in [6.45, 7) is 5.74. The quantitative estimate of drug-likeness (QED) is 0.825. The minimum atomic E-state index is -0.122. The summed E-state index contributed by atoms with van der Waals surface area (Å²) in [5.74, 6) is 0.930. The fourth-order valence-corrected chi connectivity index (χ4v) is 5.02. The molecule has 2 saturated carbocycles. The van der Waals surface area contributed by atoms with Crippen LogP contribution in [0.15, 0.2) is 0 Å². The van der Waals surface area contributed by atoms with Crippen molar-refractivity contribution in [3.63, 3.8) is 0 Å². The molecule has 19 heavy (non-hydrogen) atoms. The molecular weight excluding hydrogens is 234 g/mol. The molecule has 1 aliphatic heterocycles. The minimum absolute atomic E-state index is 0.117. The summed E-state index contributed by atoms with van der Waals surface area (Å²) in [6.07, 6.45) is 12.1. The summed E-state index contributed by atoms with van der Waals surface area (Å²) in [7, 11) is 0. The Labute approximate surface area is 118 Å². The molecule has 3 atom stereocenters. The van der Waals surface area contributed by atoms with Crippen LogP contribution in [0.4, 0.5) is 0 Å². The minimum Gasteiger partial charge on any atom is -0.391 e. The van der Waals surface area contributed by atoms with Gasteiger partial charge >= 0.3 is 0 Å². The number of hydrogen-bond acceptors (Lipinski definition) is 2. The largest absolute Gasteiger partial charge is 0.391 e. The van der Waals surface area contributed by atoms with E-state index >= 15 is 0 Å². The molecule has 0 radical (unpaired) electrons. The Morgan fingerprint density at radius 2 is 1.58 bits per heavy atom. The van der Waals surface area contributed by atoms with E-state index < -0.39 is 0 Å². The van der Waals surface area contributed by atoms with Crippen LogP contribution >= 0.6 is 0 Å². The molecule has 0 aromatic rings. The maximum atomic E-state index is 10.8. The highest BCUT2D eigenvalue weighted by Gasteiger charge is 2.45. The molecule has 0 bridgehead atoms. The Hall–Kier alpha value is -0.0800. The lowest BCUT2D eigenvalue weighted by molar-refractivity contribution is -0.0661. The molecule has 3 rings (SSSR count). The van der Waals surface area contributed by atoms with Crippen molar-refractivity contribution in [1.82, 2.24) is 4.90 Å². The average Bonchev–Trinajstić information content (AvgIpc) is 3.01. The fraction of sp³-hybridized carbons (Fsp3) is 1.00. The molecule has 0 aromatic carbocycles. The lowest BCUT2D eigenvalue weighted by Crippen LogP contribution is -2.54. The van der Waals surface area contributed by atoms with Crippen molar-refractivity contribution in [3.05, 3.63) is 0 Å². The second-order valence-corrected chi connectivity index (χ2v) is 7.88. The van der Waals surface area contributed by atoms with Crippen molar-refractivity contribution < 1.29 is 5.11 Å². The average molecular weight is 265 g/mol. The Morgan fingerprint density at radius 1 is 0.895 bits per heavy atom. The molecule has 2 nitrogen and oxygen atoms in total. The highest BCUT2D eigenvalue weighted by Crippen LogP contribution is 2.42. The van der Waals surface area contributed by atoms with Crippen LogP contribution < -0.4 is 0 Å². The molecule has 3 aliphatic rings. The second kappa shape index (κ2) is 5.37. The van der Waals surface area contributed by atoms with E-state index in [2.05, 4.69) is 18.7 Å². The van der Waals surface area contributed by atoms with Gasteiger partial charge in [0.05, 0.1) is 6.10 Å². The van der Waals surface area contributed by atoms with Crippen LogP contribution in [0.25, 0.3) is 0 Å². The third-order valence-corrected chi connectivity index (χ3v) is 6.20. The van der Waals surface area contributed by atoms with E-state index in [0.717, 1.165) is 12.0 Å². The zero-order valence-corrected chi connectivity index (χ0v) is 12.8. The van der Waals surface area contributed by atoms with Crippen LogP contribution in [0, 0.1) is 11.3 Å². The molecule has 0 spiro atoms. The number of hydrogen-bond donors (Lipinski definition) is 1. The van der Waals surface area contributed by atoms with Gasteiger partial charge in [0.15, 0.2) is 0 Å². The number of aliphatic hydroxyl groups is 1. The van der Waals surface area contributed by atoms with Crippen LogP contribution in [-0.2, 0) is 0 Å². The molecular formula is C17H31NO. The summed E-state index contributed by atoms with van der Waals surface area (Å²) in [5, 5.41) is 10.8. The normalized spacial score (nSPS) is 40.9. The van der Waals surface area contributed by atoms with Gasteiger partial charge in [0.25, 0.3) is 0 Å². The van der Waals surface area contributed by atoms with Crippen molar-refractivity contribution in [2.75, 3.05) is 6.54 Å². The SMILES string of the molecule is CC1(C)CCCC(N2CCCC2C2CCCC2)C1O. The first-order chi connectivity index (χ1) is 9.09. The van der Waals surface area contributed by atoms with E-state index in [0.29, 0.717) is 6.04 Å². The van der Waals surface area contributed by atoms with Crippen molar-refractivity contribution in [3.8, 4) is 0 Å². The van der Waals surface area contributed by atoms with E-state index in [-0.39, 0.29) is 11.5 Å². The molecule has 0 amide bonds. The van der Waals surface area contributed by atoms with E-state index in [1.165, 1.54) is 64.3 Å². The van der Waals surface area contributed by atoms with Crippen molar-refractivity contribution in [1.29, 1.82) is 0 Å².